The maximum absolute atomic E-state index is 13.1. The lowest BCUT2D eigenvalue weighted by Gasteiger charge is -2.08. The maximum atomic E-state index is 13.1. The first kappa shape index (κ1) is 15.1. The molecule has 0 aliphatic carbocycles. The molecule has 0 bridgehead atoms. The largest absolute Gasteiger partial charge is 0.399 e. The molecule has 2 N–H and O–H groups in total. The van der Waals surface area contributed by atoms with Crippen LogP contribution in [-0.2, 0) is 20.6 Å². The topological polar surface area (TPSA) is 77.2 Å². The summed E-state index contributed by atoms with van der Waals surface area (Å²) in [6, 6.07) is 3.61. The number of sulfone groups is 1. The highest BCUT2D eigenvalue weighted by molar-refractivity contribution is 7.93. The van der Waals surface area contributed by atoms with Crippen molar-refractivity contribution in [3.8, 4) is 0 Å². The fourth-order valence-corrected chi connectivity index (χ4v) is 4.01. The van der Waals surface area contributed by atoms with Gasteiger partial charge in [0.15, 0.2) is 9.84 Å². The molecule has 0 fully saturated rings. The van der Waals surface area contributed by atoms with Crippen molar-refractivity contribution in [2.75, 3.05) is 17.2 Å². The van der Waals surface area contributed by atoms with E-state index in [2.05, 4.69) is 0 Å². The van der Waals surface area contributed by atoms with Crippen molar-refractivity contribution in [3.05, 3.63) is 24.0 Å². The smallest absolute Gasteiger partial charge is 0.153 e. The highest BCUT2D eigenvalue weighted by Crippen LogP contribution is 2.15. The van der Waals surface area contributed by atoms with Crippen LogP contribution in [0.4, 0.5) is 10.1 Å². The van der Waals surface area contributed by atoms with Gasteiger partial charge >= 0.3 is 0 Å². The first-order valence-electron chi connectivity index (χ1n) is 5.38. The van der Waals surface area contributed by atoms with Crippen LogP contribution in [0.2, 0.25) is 0 Å². The molecule has 1 aromatic carbocycles. The second-order valence-corrected chi connectivity index (χ2v) is 8.43. The zero-order valence-electron chi connectivity index (χ0n) is 10.2. The minimum atomic E-state index is -3.24. The molecule has 0 aliphatic rings. The molecule has 0 amide bonds. The summed E-state index contributed by atoms with van der Waals surface area (Å²) >= 11 is 0. The van der Waals surface area contributed by atoms with E-state index in [-0.39, 0.29) is 22.1 Å². The molecule has 0 saturated carbocycles. The van der Waals surface area contributed by atoms with Gasteiger partial charge in [-0.15, -0.1) is 0 Å². The minimum Gasteiger partial charge on any atom is -0.399 e. The van der Waals surface area contributed by atoms with Crippen molar-refractivity contribution >= 4 is 26.3 Å². The monoisotopic (exact) mass is 293 g/mol. The molecule has 0 aromatic heterocycles. The summed E-state index contributed by atoms with van der Waals surface area (Å²) in [5.41, 5.74) is 5.61. The fourth-order valence-electron chi connectivity index (χ4n) is 1.26. The second kappa shape index (κ2) is 5.79. The summed E-state index contributed by atoms with van der Waals surface area (Å²) in [7, 11) is -4.81. The van der Waals surface area contributed by atoms with E-state index in [0.29, 0.717) is 0 Å². The Balaban J connectivity index is 2.78. The minimum absolute atomic E-state index is 0.0522. The number of benzene rings is 1. The van der Waals surface area contributed by atoms with Crippen LogP contribution >= 0.6 is 0 Å². The number of nitrogens with two attached hydrogens (primary N) is 1. The van der Waals surface area contributed by atoms with Crippen molar-refractivity contribution in [2.24, 2.45) is 0 Å². The summed E-state index contributed by atoms with van der Waals surface area (Å²) in [4.78, 5) is 0.214. The van der Waals surface area contributed by atoms with Crippen molar-refractivity contribution in [1.29, 1.82) is 0 Å². The summed E-state index contributed by atoms with van der Waals surface area (Å²) in [6.45, 7) is 3.14. The Kier molecular flexibility index (Phi) is 4.86. The van der Waals surface area contributed by atoms with E-state index >= 15 is 0 Å². The summed E-state index contributed by atoms with van der Waals surface area (Å²) in [6.07, 6.45) is 0. The maximum Gasteiger partial charge on any atom is 0.153 e. The lowest BCUT2D eigenvalue weighted by atomic mass is 10.3. The molecule has 0 aliphatic heterocycles. The van der Waals surface area contributed by atoms with Crippen LogP contribution < -0.4 is 5.73 Å². The summed E-state index contributed by atoms with van der Waals surface area (Å²) < 4.78 is 48.0. The highest BCUT2D eigenvalue weighted by atomic mass is 32.2. The zero-order valence-corrected chi connectivity index (χ0v) is 11.9. The van der Waals surface area contributed by atoms with Gasteiger partial charge in [0.05, 0.1) is 21.8 Å². The third-order valence-electron chi connectivity index (χ3n) is 2.43. The number of anilines is 1. The molecule has 0 saturated heterocycles. The standard InChI is InChI=1S/C11H16FNO3S2/c1-8(2)18(15,16)4-3-17(14)11-6-9(12)5-10(13)7-11/h5-8H,3-4,13H2,1-2H3. The molecular weight excluding hydrogens is 277 g/mol. The Labute approximate surface area is 109 Å². The SMILES string of the molecule is CC(C)S(=O)(=O)CCS(=O)c1cc(N)cc(F)c1. The predicted molar refractivity (Wildman–Crippen MR) is 71.0 cm³/mol. The molecule has 18 heavy (non-hydrogen) atoms. The normalized spacial score (nSPS) is 13.8. The van der Waals surface area contributed by atoms with Gasteiger partial charge in [0.2, 0.25) is 0 Å². The average Bonchev–Trinajstić information content (AvgIpc) is 2.24. The van der Waals surface area contributed by atoms with Gasteiger partial charge < -0.3 is 5.73 Å². The molecular formula is C11H16FNO3S2. The van der Waals surface area contributed by atoms with Crippen LogP contribution in [0.1, 0.15) is 13.8 Å². The lowest BCUT2D eigenvalue weighted by molar-refractivity contribution is 0.588. The van der Waals surface area contributed by atoms with E-state index in [0.717, 1.165) is 12.1 Å². The number of halogens is 1. The predicted octanol–water partition coefficient (Wildman–Crippen LogP) is 1.34. The second-order valence-electron chi connectivity index (χ2n) is 4.19. The summed E-state index contributed by atoms with van der Waals surface area (Å²) in [5, 5.41) is -0.507. The van der Waals surface area contributed by atoms with E-state index in [1.54, 1.807) is 13.8 Å². The van der Waals surface area contributed by atoms with Gasteiger partial charge in [-0.25, -0.2) is 12.8 Å². The molecule has 0 heterocycles. The first-order valence-corrected chi connectivity index (χ1v) is 8.42. The van der Waals surface area contributed by atoms with Crippen molar-refractivity contribution < 1.29 is 17.0 Å². The molecule has 0 radical (unpaired) electrons. The highest BCUT2D eigenvalue weighted by Gasteiger charge is 2.18. The lowest BCUT2D eigenvalue weighted by Crippen LogP contribution is -2.21. The Morgan fingerprint density at radius 3 is 2.44 bits per heavy atom. The van der Waals surface area contributed by atoms with Gasteiger partial charge in [0.1, 0.15) is 5.82 Å². The van der Waals surface area contributed by atoms with Crippen molar-refractivity contribution in [3.63, 3.8) is 0 Å². The quantitative estimate of drug-likeness (QED) is 0.831. The zero-order chi connectivity index (χ0) is 13.9. The number of rotatable bonds is 5. The van der Waals surface area contributed by atoms with Gasteiger partial charge in [0.25, 0.3) is 0 Å². The Morgan fingerprint density at radius 2 is 1.94 bits per heavy atom. The fraction of sp³-hybridized carbons (Fsp3) is 0.455. The van der Waals surface area contributed by atoms with Crippen LogP contribution in [0, 0.1) is 5.82 Å². The third-order valence-corrected chi connectivity index (χ3v) is 6.23. The molecule has 102 valence electrons. The average molecular weight is 293 g/mol. The van der Waals surface area contributed by atoms with Crippen molar-refractivity contribution in [1.82, 2.24) is 0 Å². The molecule has 4 nitrogen and oxygen atoms in total. The summed E-state index contributed by atoms with van der Waals surface area (Å²) in [5.74, 6) is -0.818. The first-order chi connectivity index (χ1) is 8.22. The van der Waals surface area contributed by atoms with E-state index in [9.17, 15) is 17.0 Å². The molecule has 7 heteroatoms. The molecule has 1 aromatic rings. The van der Waals surface area contributed by atoms with Gasteiger partial charge in [0, 0.05) is 16.3 Å². The van der Waals surface area contributed by atoms with Crippen molar-refractivity contribution in [2.45, 2.75) is 24.0 Å². The number of hydrogen-bond acceptors (Lipinski definition) is 4. The number of hydrogen-bond donors (Lipinski definition) is 1. The molecule has 1 unspecified atom stereocenters. The van der Waals surface area contributed by atoms with Gasteiger partial charge in [-0.05, 0) is 32.0 Å². The van der Waals surface area contributed by atoms with E-state index in [1.165, 1.54) is 6.07 Å². The Hall–Kier alpha value is -0.950. The van der Waals surface area contributed by atoms with Crippen LogP contribution in [0.5, 0.6) is 0 Å². The van der Waals surface area contributed by atoms with E-state index in [4.69, 9.17) is 5.73 Å². The van der Waals surface area contributed by atoms with Crippen LogP contribution in [-0.4, -0.2) is 29.4 Å². The molecule has 0 spiro atoms. The Morgan fingerprint density at radius 1 is 1.33 bits per heavy atom. The van der Waals surface area contributed by atoms with Crippen LogP contribution in [0.25, 0.3) is 0 Å². The van der Waals surface area contributed by atoms with E-state index in [1.807, 2.05) is 0 Å². The number of nitrogen functional groups attached to an aromatic ring is 1. The van der Waals surface area contributed by atoms with Gasteiger partial charge in [-0.3, -0.25) is 4.21 Å². The van der Waals surface area contributed by atoms with Gasteiger partial charge in [-0.2, -0.15) is 0 Å². The van der Waals surface area contributed by atoms with Crippen LogP contribution in [0.3, 0.4) is 0 Å². The van der Waals surface area contributed by atoms with E-state index < -0.39 is 31.7 Å². The molecule has 1 rings (SSSR count). The van der Waals surface area contributed by atoms with Gasteiger partial charge in [-0.1, -0.05) is 0 Å². The molecule has 1 atom stereocenters. The third kappa shape index (κ3) is 4.06. The van der Waals surface area contributed by atoms with Crippen LogP contribution in [0.15, 0.2) is 23.1 Å². The Bertz CT molecular complexity index is 535.